The van der Waals surface area contributed by atoms with E-state index in [1.807, 2.05) is 0 Å². The van der Waals surface area contributed by atoms with E-state index in [9.17, 15) is 26.4 Å². The van der Waals surface area contributed by atoms with Gasteiger partial charge in [0.1, 0.15) is 5.75 Å². The Morgan fingerprint density at radius 3 is 2.15 bits per heavy atom. The second-order valence-electron chi connectivity index (χ2n) is 5.10. The third-order valence-corrected chi connectivity index (χ3v) is 3.78. The molecule has 0 bridgehead atoms. The average molecular weight is 409 g/mol. The zero-order valence-electron chi connectivity index (χ0n) is 13.1. The van der Waals surface area contributed by atoms with Gasteiger partial charge in [-0.3, -0.25) is 9.52 Å². The molecule has 1 amide bonds. The minimum absolute atomic E-state index is 0.00632. The normalized spacial score (nSPS) is 11.7. The van der Waals surface area contributed by atoms with Gasteiger partial charge in [-0.2, -0.15) is 0 Å². The molecule has 0 saturated heterocycles. The van der Waals surface area contributed by atoms with Crippen LogP contribution in [0.15, 0.2) is 42.5 Å². The highest BCUT2D eigenvalue weighted by Crippen LogP contribution is 2.25. The van der Waals surface area contributed by atoms with Crippen LogP contribution in [0.4, 0.5) is 24.5 Å². The molecule has 0 aliphatic rings. The van der Waals surface area contributed by atoms with Crippen LogP contribution in [-0.2, 0) is 10.0 Å². The Morgan fingerprint density at radius 1 is 1.08 bits per heavy atom. The summed E-state index contributed by atoms with van der Waals surface area (Å²) < 4.78 is 64.6. The van der Waals surface area contributed by atoms with Gasteiger partial charge in [-0.15, -0.1) is 13.2 Å². The predicted molar refractivity (Wildman–Crippen MR) is 91.0 cm³/mol. The summed E-state index contributed by atoms with van der Waals surface area (Å²) in [5.74, 6) is -1.05. The van der Waals surface area contributed by atoms with Crippen LogP contribution in [0.25, 0.3) is 0 Å². The topological polar surface area (TPSA) is 84.5 Å². The fourth-order valence-corrected chi connectivity index (χ4v) is 2.74. The molecule has 2 aromatic rings. The summed E-state index contributed by atoms with van der Waals surface area (Å²) in [6.07, 6.45) is -3.84. The summed E-state index contributed by atoms with van der Waals surface area (Å²) in [6, 6.07) is 8.47. The Bertz CT molecular complexity index is 915. The smallest absolute Gasteiger partial charge is 0.406 e. The maximum atomic E-state index is 12.2. The van der Waals surface area contributed by atoms with Gasteiger partial charge in [0.25, 0.3) is 5.91 Å². The number of benzene rings is 2. The molecule has 0 spiro atoms. The van der Waals surface area contributed by atoms with E-state index >= 15 is 0 Å². The van der Waals surface area contributed by atoms with Crippen molar-refractivity contribution in [1.82, 2.24) is 0 Å². The lowest BCUT2D eigenvalue weighted by molar-refractivity contribution is -0.274. The van der Waals surface area contributed by atoms with Crippen molar-refractivity contribution in [3.63, 3.8) is 0 Å². The Kier molecular flexibility index (Phi) is 5.67. The number of anilines is 2. The number of rotatable bonds is 5. The van der Waals surface area contributed by atoms with E-state index in [4.69, 9.17) is 11.6 Å². The molecule has 0 radical (unpaired) electrons. The Labute approximate surface area is 152 Å². The van der Waals surface area contributed by atoms with Crippen molar-refractivity contribution in [1.29, 1.82) is 0 Å². The van der Waals surface area contributed by atoms with Crippen LogP contribution in [-0.4, -0.2) is 26.9 Å². The molecule has 2 N–H and O–H groups in total. The molecule has 6 nitrogen and oxygen atoms in total. The molecule has 0 aromatic heterocycles. The van der Waals surface area contributed by atoms with Crippen LogP contribution >= 0.6 is 11.6 Å². The quantitative estimate of drug-likeness (QED) is 0.786. The summed E-state index contributed by atoms with van der Waals surface area (Å²) >= 11 is 5.98. The SMILES string of the molecule is CS(=O)(=O)Nc1ccc(C(=O)Nc2ccc(OC(F)(F)F)cc2)c(Cl)c1. The number of alkyl halides is 3. The number of ether oxygens (including phenoxy) is 1. The van der Waals surface area contributed by atoms with E-state index in [0.29, 0.717) is 0 Å². The summed E-state index contributed by atoms with van der Waals surface area (Å²) in [5.41, 5.74) is 0.461. The molecule has 140 valence electrons. The van der Waals surface area contributed by atoms with Crippen molar-refractivity contribution in [2.24, 2.45) is 0 Å². The van der Waals surface area contributed by atoms with Gasteiger partial charge < -0.3 is 10.1 Å². The van der Waals surface area contributed by atoms with Crippen molar-refractivity contribution >= 4 is 38.9 Å². The van der Waals surface area contributed by atoms with E-state index in [1.54, 1.807) is 0 Å². The molecule has 2 rings (SSSR count). The van der Waals surface area contributed by atoms with Crippen molar-refractivity contribution in [3.8, 4) is 5.75 Å². The Hall–Kier alpha value is -2.46. The average Bonchev–Trinajstić information content (AvgIpc) is 2.46. The molecule has 0 aliphatic carbocycles. The fourth-order valence-electron chi connectivity index (χ4n) is 1.92. The van der Waals surface area contributed by atoms with E-state index in [1.165, 1.54) is 30.3 Å². The first-order valence-corrected chi connectivity index (χ1v) is 9.14. The molecule has 26 heavy (non-hydrogen) atoms. The second-order valence-corrected chi connectivity index (χ2v) is 7.25. The number of hydrogen-bond acceptors (Lipinski definition) is 4. The van der Waals surface area contributed by atoms with E-state index < -0.39 is 28.0 Å². The highest BCUT2D eigenvalue weighted by atomic mass is 35.5. The molecule has 0 heterocycles. The van der Waals surface area contributed by atoms with Crippen LogP contribution in [0.3, 0.4) is 0 Å². The van der Waals surface area contributed by atoms with Crippen molar-refractivity contribution in [3.05, 3.63) is 53.1 Å². The molecule has 0 unspecified atom stereocenters. The highest BCUT2D eigenvalue weighted by Gasteiger charge is 2.31. The van der Waals surface area contributed by atoms with Crippen LogP contribution in [0.5, 0.6) is 5.75 Å². The third kappa shape index (κ3) is 6.12. The molecule has 2 aromatic carbocycles. The molecule has 11 heteroatoms. The predicted octanol–water partition coefficient (Wildman–Crippen LogP) is 3.86. The van der Waals surface area contributed by atoms with E-state index in [0.717, 1.165) is 18.4 Å². The van der Waals surface area contributed by atoms with Gasteiger partial charge in [0, 0.05) is 11.4 Å². The number of carbonyl (C=O) groups excluding carboxylic acids is 1. The minimum atomic E-state index is -4.81. The fraction of sp³-hybridized carbons (Fsp3) is 0.133. The number of halogens is 4. The van der Waals surface area contributed by atoms with Gasteiger partial charge in [0.15, 0.2) is 0 Å². The zero-order chi connectivity index (χ0) is 19.5. The summed E-state index contributed by atoms with van der Waals surface area (Å²) in [7, 11) is -3.49. The van der Waals surface area contributed by atoms with Gasteiger partial charge >= 0.3 is 6.36 Å². The van der Waals surface area contributed by atoms with Crippen LogP contribution in [0.2, 0.25) is 5.02 Å². The minimum Gasteiger partial charge on any atom is -0.406 e. The first kappa shape index (κ1) is 19.9. The number of carbonyl (C=O) groups is 1. The highest BCUT2D eigenvalue weighted by molar-refractivity contribution is 7.92. The maximum absolute atomic E-state index is 12.2. The van der Waals surface area contributed by atoms with E-state index in [2.05, 4.69) is 14.8 Å². The Balaban J connectivity index is 2.10. The third-order valence-electron chi connectivity index (χ3n) is 2.86. The first-order chi connectivity index (χ1) is 11.9. The zero-order valence-corrected chi connectivity index (χ0v) is 14.7. The monoisotopic (exact) mass is 408 g/mol. The maximum Gasteiger partial charge on any atom is 0.573 e. The van der Waals surface area contributed by atoms with Gasteiger partial charge in [-0.25, -0.2) is 8.42 Å². The Morgan fingerprint density at radius 2 is 1.65 bits per heavy atom. The van der Waals surface area contributed by atoms with Crippen molar-refractivity contribution in [2.75, 3.05) is 16.3 Å². The number of amides is 1. The molecule has 0 fully saturated rings. The first-order valence-electron chi connectivity index (χ1n) is 6.87. The standard InChI is InChI=1S/C15H12ClF3N2O4S/c1-26(23,24)21-10-4-7-12(13(16)8-10)14(22)20-9-2-5-11(6-3-9)25-15(17,18)19/h2-8,21H,1H3,(H,20,22). The molecular weight excluding hydrogens is 397 g/mol. The number of sulfonamides is 1. The van der Waals surface area contributed by atoms with Crippen LogP contribution in [0, 0.1) is 0 Å². The summed E-state index contributed by atoms with van der Waals surface area (Å²) in [4.78, 5) is 12.2. The second kappa shape index (κ2) is 7.42. The number of nitrogens with one attached hydrogen (secondary N) is 2. The van der Waals surface area contributed by atoms with Crippen LogP contribution in [0.1, 0.15) is 10.4 Å². The molecule has 0 saturated carbocycles. The summed E-state index contributed by atoms with van der Waals surface area (Å²) in [5, 5.41) is 2.45. The van der Waals surface area contributed by atoms with E-state index in [-0.39, 0.29) is 22.0 Å². The largest absolute Gasteiger partial charge is 0.573 e. The lowest BCUT2D eigenvalue weighted by Crippen LogP contribution is -2.17. The van der Waals surface area contributed by atoms with Gasteiger partial charge in [0.05, 0.1) is 16.8 Å². The van der Waals surface area contributed by atoms with Gasteiger partial charge in [-0.1, -0.05) is 11.6 Å². The lowest BCUT2D eigenvalue weighted by Gasteiger charge is -2.11. The van der Waals surface area contributed by atoms with Gasteiger partial charge in [0.2, 0.25) is 10.0 Å². The van der Waals surface area contributed by atoms with Crippen molar-refractivity contribution in [2.45, 2.75) is 6.36 Å². The van der Waals surface area contributed by atoms with Gasteiger partial charge in [-0.05, 0) is 42.5 Å². The van der Waals surface area contributed by atoms with Crippen LogP contribution < -0.4 is 14.8 Å². The number of hydrogen-bond donors (Lipinski definition) is 2. The molecule has 0 aliphatic heterocycles. The summed E-state index contributed by atoms with van der Waals surface area (Å²) in [6.45, 7) is 0. The van der Waals surface area contributed by atoms with Crippen molar-refractivity contribution < 1.29 is 31.1 Å². The lowest BCUT2D eigenvalue weighted by atomic mass is 10.2. The molecule has 0 atom stereocenters. The molecular formula is C15H12ClF3N2O4S.